The Labute approximate surface area is 51.1 Å². The topological polar surface area (TPSA) is 26.0 Å². The van der Waals surface area contributed by atoms with Gasteiger partial charge in [0.1, 0.15) is 0 Å². The normalized spacial score (nSPS) is 9.12. The lowest BCUT2D eigenvalue weighted by molar-refractivity contribution is 1.74. The minimum Gasteiger partial charge on any atom is -0.399 e. The van der Waals surface area contributed by atoms with Crippen LogP contribution in [0, 0.1) is 0 Å². The molecule has 0 aliphatic carbocycles. The van der Waals surface area contributed by atoms with E-state index in [9.17, 15) is 0 Å². The first-order chi connectivity index (χ1) is 3.79. The Morgan fingerprint density at radius 3 is 2.50 bits per heavy atom. The van der Waals surface area contributed by atoms with Crippen molar-refractivity contribution in [3.8, 4) is 0 Å². The highest BCUT2D eigenvalue weighted by molar-refractivity contribution is 7.27. The van der Waals surface area contributed by atoms with E-state index in [2.05, 4.69) is 9.24 Å². The SMILES string of the molecule is Nc1cccc(P)c1. The van der Waals surface area contributed by atoms with Crippen molar-refractivity contribution in [2.45, 2.75) is 0 Å². The van der Waals surface area contributed by atoms with Gasteiger partial charge in [0.15, 0.2) is 0 Å². The van der Waals surface area contributed by atoms with Crippen LogP contribution in [0.25, 0.3) is 0 Å². The van der Waals surface area contributed by atoms with Crippen LogP contribution in [-0.2, 0) is 0 Å². The average molecular weight is 125 g/mol. The molecule has 1 aromatic rings. The molecule has 0 radical (unpaired) electrons. The molecule has 0 heterocycles. The van der Waals surface area contributed by atoms with Gasteiger partial charge in [-0.2, -0.15) is 0 Å². The summed E-state index contributed by atoms with van der Waals surface area (Å²) >= 11 is 0. The maximum Gasteiger partial charge on any atom is 0.0320 e. The van der Waals surface area contributed by atoms with Crippen LogP contribution in [-0.4, -0.2) is 0 Å². The molecule has 1 rings (SSSR count). The van der Waals surface area contributed by atoms with Crippen LogP contribution < -0.4 is 11.0 Å². The highest BCUT2D eigenvalue weighted by Crippen LogP contribution is 1.98. The second-order valence-electron chi connectivity index (χ2n) is 1.67. The van der Waals surface area contributed by atoms with Gasteiger partial charge in [-0.25, -0.2) is 0 Å². The summed E-state index contributed by atoms with van der Waals surface area (Å²) in [6, 6.07) is 7.69. The van der Waals surface area contributed by atoms with Gasteiger partial charge in [0.25, 0.3) is 0 Å². The van der Waals surface area contributed by atoms with Crippen molar-refractivity contribution in [1.29, 1.82) is 0 Å². The van der Waals surface area contributed by atoms with Gasteiger partial charge in [-0.1, -0.05) is 12.1 Å². The minimum absolute atomic E-state index is 0.817. The van der Waals surface area contributed by atoms with Gasteiger partial charge in [-0.3, -0.25) is 0 Å². The van der Waals surface area contributed by atoms with Crippen LogP contribution in [0.4, 0.5) is 5.69 Å². The molecular formula is C6H8NP. The first-order valence-electron chi connectivity index (χ1n) is 2.40. The van der Waals surface area contributed by atoms with E-state index in [4.69, 9.17) is 5.73 Å². The molecular weight excluding hydrogens is 117 g/mol. The molecule has 1 unspecified atom stereocenters. The molecule has 0 fully saturated rings. The third-order valence-corrected chi connectivity index (χ3v) is 1.27. The molecule has 0 aliphatic heterocycles. The monoisotopic (exact) mass is 125 g/mol. The van der Waals surface area contributed by atoms with E-state index in [1.807, 2.05) is 24.3 Å². The molecule has 42 valence electrons. The molecule has 0 amide bonds. The van der Waals surface area contributed by atoms with Gasteiger partial charge in [-0.05, 0) is 17.4 Å². The predicted octanol–water partition coefficient (Wildman–Crippen LogP) is 0.769. The summed E-state index contributed by atoms with van der Waals surface area (Å²) in [7, 11) is 2.58. The molecule has 1 aromatic carbocycles. The third-order valence-electron chi connectivity index (χ3n) is 0.911. The quantitative estimate of drug-likeness (QED) is 0.402. The van der Waals surface area contributed by atoms with Gasteiger partial charge in [0.05, 0.1) is 0 Å². The number of nitrogens with two attached hydrogens (primary N) is 1. The van der Waals surface area contributed by atoms with Gasteiger partial charge in [-0.15, -0.1) is 9.24 Å². The zero-order valence-corrected chi connectivity index (χ0v) is 5.62. The van der Waals surface area contributed by atoms with E-state index in [0.29, 0.717) is 0 Å². The van der Waals surface area contributed by atoms with Crippen molar-refractivity contribution in [2.24, 2.45) is 0 Å². The lowest BCUT2D eigenvalue weighted by atomic mass is 10.3. The lowest BCUT2D eigenvalue weighted by Crippen LogP contribution is -1.91. The van der Waals surface area contributed by atoms with E-state index in [1.54, 1.807) is 0 Å². The van der Waals surface area contributed by atoms with Crippen molar-refractivity contribution in [3.05, 3.63) is 24.3 Å². The van der Waals surface area contributed by atoms with Crippen LogP contribution in [0.2, 0.25) is 0 Å². The Hall–Kier alpha value is -0.550. The first kappa shape index (κ1) is 5.58. The van der Waals surface area contributed by atoms with E-state index >= 15 is 0 Å². The Morgan fingerprint density at radius 1 is 1.38 bits per heavy atom. The summed E-state index contributed by atoms with van der Waals surface area (Å²) in [6.45, 7) is 0. The highest BCUT2D eigenvalue weighted by atomic mass is 31.0. The Kier molecular flexibility index (Phi) is 1.50. The number of hydrogen-bond donors (Lipinski definition) is 1. The van der Waals surface area contributed by atoms with E-state index < -0.39 is 0 Å². The Bertz CT molecular complexity index is 168. The van der Waals surface area contributed by atoms with Gasteiger partial charge in [0, 0.05) is 5.69 Å². The summed E-state index contributed by atoms with van der Waals surface area (Å²) in [5, 5.41) is 1.13. The fourth-order valence-electron chi connectivity index (χ4n) is 0.559. The molecule has 0 spiro atoms. The van der Waals surface area contributed by atoms with Gasteiger partial charge >= 0.3 is 0 Å². The van der Waals surface area contributed by atoms with Crippen LogP contribution in [0.1, 0.15) is 0 Å². The molecule has 0 aliphatic rings. The summed E-state index contributed by atoms with van der Waals surface area (Å²) in [5.74, 6) is 0. The van der Waals surface area contributed by atoms with Crippen LogP contribution in [0.3, 0.4) is 0 Å². The summed E-state index contributed by atoms with van der Waals surface area (Å²) in [6.07, 6.45) is 0. The van der Waals surface area contributed by atoms with Crippen molar-refractivity contribution in [2.75, 3.05) is 5.73 Å². The number of anilines is 1. The van der Waals surface area contributed by atoms with Crippen molar-refractivity contribution < 1.29 is 0 Å². The summed E-state index contributed by atoms with van der Waals surface area (Å²) in [4.78, 5) is 0. The standard InChI is InChI=1S/C6H8NP/c7-5-2-1-3-6(8)4-5/h1-4H,7-8H2. The van der Waals surface area contributed by atoms with Crippen molar-refractivity contribution in [3.63, 3.8) is 0 Å². The van der Waals surface area contributed by atoms with E-state index in [-0.39, 0.29) is 0 Å². The number of benzene rings is 1. The Morgan fingerprint density at radius 2 is 2.12 bits per heavy atom. The maximum atomic E-state index is 5.45. The molecule has 2 N–H and O–H groups in total. The average Bonchev–Trinajstić information content (AvgIpc) is 1.64. The number of rotatable bonds is 0. The number of hydrogen-bond acceptors (Lipinski definition) is 1. The molecule has 0 saturated heterocycles. The summed E-state index contributed by atoms with van der Waals surface area (Å²) < 4.78 is 0. The number of nitrogen functional groups attached to an aromatic ring is 1. The van der Waals surface area contributed by atoms with Crippen LogP contribution >= 0.6 is 9.24 Å². The van der Waals surface area contributed by atoms with Gasteiger partial charge in [0.2, 0.25) is 0 Å². The fraction of sp³-hybridized carbons (Fsp3) is 0. The molecule has 8 heavy (non-hydrogen) atoms. The van der Waals surface area contributed by atoms with Crippen LogP contribution in [0.5, 0.6) is 0 Å². The fourth-order valence-corrected chi connectivity index (χ4v) is 0.863. The smallest absolute Gasteiger partial charge is 0.0320 e. The highest BCUT2D eigenvalue weighted by Gasteiger charge is 1.81. The molecule has 0 aromatic heterocycles. The zero-order valence-electron chi connectivity index (χ0n) is 4.46. The van der Waals surface area contributed by atoms with Crippen LogP contribution in [0.15, 0.2) is 24.3 Å². The van der Waals surface area contributed by atoms with Crippen molar-refractivity contribution in [1.82, 2.24) is 0 Å². The minimum atomic E-state index is 0.817. The van der Waals surface area contributed by atoms with Gasteiger partial charge < -0.3 is 5.73 Å². The third kappa shape index (κ3) is 1.21. The van der Waals surface area contributed by atoms with E-state index in [1.165, 1.54) is 0 Å². The first-order valence-corrected chi connectivity index (χ1v) is 2.98. The molecule has 2 heteroatoms. The maximum absolute atomic E-state index is 5.45. The second-order valence-corrected chi connectivity index (χ2v) is 2.34. The molecule has 0 saturated carbocycles. The molecule has 1 atom stereocenters. The second kappa shape index (κ2) is 2.15. The van der Waals surface area contributed by atoms with Crippen molar-refractivity contribution >= 4 is 20.2 Å². The summed E-state index contributed by atoms with van der Waals surface area (Å²) in [5.41, 5.74) is 6.26. The molecule has 1 nitrogen and oxygen atoms in total. The zero-order chi connectivity index (χ0) is 5.98. The Balaban J connectivity index is 3.08. The lowest BCUT2D eigenvalue weighted by Gasteiger charge is -1.90. The largest absolute Gasteiger partial charge is 0.399 e. The molecule has 0 bridgehead atoms. The predicted molar refractivity (Wildman–Crippen MR) is 40.2 cm³/mol. The van der Waals surface area contributed by atoms with E-state index in [0.717, 1.165) is 11.0 Å².